The molecule has 0 aromatic carbocycles. The summed E-state index contributed by atoms with van der Waals surface area (Å²) in [5.74, 6) is 0.225. The topological polar surface area (TPSA) is 58.9 Å². The predicted octanol–water partition coefficient (Wildman–Crippen LogP) is -0.0137. The van der Waals surface area contributed by atoms with E-state index in [2.05, 4.69) is 0 Å². The first-order valence-corrected chi connectivity index (χ1v) is 4.17. The third kappa shape index (κ3) is 5.49. The van der Waals surface area contributed by atoms with Crippen LogP contribution < -0.4 is 0 Å². The molecule has 0 atom stereocenters. The molecular weight excluding hydrogens is 160 g/mol. The molecule has 0 aliphatic heterocycles. The van der Waals surface area contributed by atoms with E-state index >= 15 is 0 Å². The van der Waals surface area contributed by atoms with Crippen LogP contribution in [0.3, 0.4) is 0 Å². The van der Waals surface area contributed by atoms with Crippen molar-refractivity contribution in [2.75, 3.05) is 26.4 Å². The monoisotopic (exact) mass is 178 g/mol. The Morgan fingerprint density at radius 1 is 1.00 bits per heavy atom. The Kier molecular flexibility index (Phi) is 7.39. The average Bonchev–Trinajstić information content (AvgIpc) is 2.04. The Morgan fingerprint density at radius 3 is 1.67 bits per heavy atom. The van der Waals surface area contributed by atoms with Gasteiger partial charge in [-0.2, -0.15) is 0 Å². The molecule has 0 aromatic rings. The van der Waals surface area contributed by atoms with Crippen LogP contribution in [0, 0.1) is 5.92 Å². The SMILES string of the molecule is CC(C)C(OCCO)OCCO. The zero-order valence-electron chi connectivity index (χ0n) is 7.69. The summed E-state index contributed by atoms with van der Waals surface area (Å²) < 4.78 is 10.3. The Labute approximate surface area is 73.1 Å². The van der Waals surface area contributed by atoms with Gasteiger partial charge in [-0.3, -0.25) is 0 Å². The van der Waals surface area contributed by atoms with Crippen LogP contribution in [0.1, 0.15) is 13.8 Å². The summed E-state index contributed by atoms with van der Waals surface area (Å²) in [5.41, 5.74) is 0. The van der Waals surface area contributed by atoms with Crippen molar-refractivity contribution in [1.82, 2.24) is 0 Å². The van der Waals surface area contributed by atoms with Crippen molar-refractivity contribution in [3.8, 4) is 0 Å². The summed E-state index contributed by atoms with van der Waals surface area (Å²) in [7, 11) is 0. The molecule has 0 aliphatic rings. The van der Waals surface area contributed by atoms with Crippen LogP contribution in [0.4, 0.5) is 0 Å². The van der Waals surface area contributed by atoms with Crippen LogP contribution in [-0.2, 0) is 9.47 Å². The van der Waals surface area contributed by atoms with Gasteiger partial charge >= 0.3 is 0 Å². The molecule has 4 nitrogen and oxygen atoms in total. The van der Waals surface area contributed by atoms with E-state index in [-0.39, 0.29) is 38.6 Å². The molecule has 2 N–H and O–H groups in total. The van der Waals surface area contributed by atoms with Crippen molar-refractivity contribution in [2.45, 2.75) is 20.1 Å². The van der Waals surface area contributed by atoms with Crippen molar-refractivity contribution < 1.29 is 19.7 Å². The molecule has 0 fully saturated rings. The van der Waals surface area contributed by atoms with Gasteiger partial charge in [0.25, 0.3) is 0 Å². The fraction of sp³-hybridized carbons (Fsp3) is 1.00. The van der Waals surface area contributed by atoms with Crippen LogP contribution in [0.15, 0.2) is 0 Å². The molecule has 0 aromatic heterocycles. The molecule has 0 rings (SSSR count). The minimum atomic E-state index is -0.329. The summed E-state index contributed by atoms with van der Waals surface area (Å²) in [4.78, 5) is 0. The first-order valence-electron chi connectivity index (χ1n) is 4.17. The Morgan fingerprint density at radius 2 is 1.42 bits per heavy atom. The maximum absolute atomic E-state index is 8.49. The van der Waals surface area contributed by atoms with E-state index < -0.39 is 0 Å². The smallest absolute Gasteiger partial charge is 0.160 e. The highest BCUT2D eigenvalue weighted by Crippen LogP contribution is 2.07. The quantitative estimate of drug-likeness (QED) is 0.538. The minimum absolute atomic E-state index is 0.00823. The third-order valence-electron chi connectivity index (χ3n) is 1.29. The van der Waals surface area contributed by atoms with Crippen molar-refractivity contribution in [1.29, 1.82) is 0 Å². The van der Waals surface area contributed by atoms with Gasteiger partial charge in [0.05, 0.1) is 26.4 Å². The van der Waals surface area contributed by atoms with Gasteiger partial charge in [0.15, 0.2) is 6.29 Å². The summed E-state index contributed by atoms with van der Waals surface area (Å²) in [5, 5.41) is 17.0. The zero-order chi connectivity index (χ0) is 9.40. The summed E-state index contributed by atoms with van der Waals surface area (Å²) in [6.07, 6.45) is -0.329. The van der Waals surface area contributed by atoms with Gasteiger partial charge in [-0.25, -0.2) is 0 Å². The second-order valence-corrected chi connectivity index (χ2v) is 2.80. The lowest BCUT2D eigenvalue weighted by molar-refractivity contribution is -0.174. The van der Waals surface area contributed by atoms with Gasteiger partial charge < -0.3 is 19.7 Å². The largest absolute Gasteiger partial charge is 0.394 e. The van der Waals surface area contributed by atoms with E-state index in [1.807, 2.05) is 13.8 Å². The molecule has 0 aliphatic carbocycles. The molecule has 0 radical (unpaired) electrons. The second kappa shape index (κ2) is 7.49. The van der Waals surface area contributed by atoms with E-state index in [1.54, 1.807) is 0 Å². The van der Waals surface area contributed by atoms with E-state index in [4.69, 9.17) is 19.7 Å². The maximum Gasteiger partial charge on any atom is 0.160 e. The molecule has 0 unspecified atom stereocenters. The molecular formula is C8H18O4. The summed E-state index contributed by atoms with van der Waals surface area (Å²) in [6.45, 7) is 4.44. The standard InChI is InChI=1S/C8H18O4/c1-7(2)8(11-5-3-9)12-6-4-10/h7-10H,3-6H2,1-2H3. The lowest BCUT2D eigenvalue weighted by Gasteiger charge is -2.20. The molecule has 0 amide bonds. The van der Waals surface area contributed by atoms with Gasteiger partial charge in [0, 0.05) is 5.92 Å². The fourth-order valence-electron chi connectivity index (χ4n) is 0.771. The maximum atomic E-state index is 8.49. The van der Waals surface area contributed by atoms with Gasteiger partial charge in [-0.1, -0.05) is 13.8 Å². The van der Waals surface area contributed by atoms with Gasteiger partial charge in [0.2, 0.25) is 0 Å². The van der Waals surface area contributed by atoms with Gasteiger partial charge in [-0.05, 0) is 0 Å². The third-order valence-corrected chi connectivity index (χ3v) is 1.29. The Balaban J connectivity index is 3.55. The molecule has 0 saturated carbocycles. The highest BCUT2D eigenvalue weighted by Gasteiger charge is 2.13. The fourth-order valence-corrected chi connectivity index (χ4v) is 0.771. The van der Waals surface area contributed by atoms with E-state index in [1.165, 1.54) is 0 Å². The number of aliphatic hydroxyl groups excluding tert-OH is 2. The molecule has 0 bridgehead atoms. The minimum Gasteiger partial charge on any atom is -0.394 e. The van der Waals surface area contributed by atoms with Gasteiger partial charge in [0.1, 0.15) is 0 Å². The van der Waals surface area contributed by atoms with Crippen LogP contribution in [0.5, 0.6) is 0 Å². The lowest BCUT2D eigenvalue weighted by atomic mass is 10.2. The Bertz CT molecular complexity index is 87.1. The van der Waals surface area contributed by atoms with Crippen LogP contribution >= 0.6 is 0 Å². The van der Waals surface area contributed by atoms with Crippen molar-refractivity contribution in [3.63, 3.8) is 0 Å². The van der Waals surface area contributed by atoms with Crippen LogP contribution in [-0.4, -0.2) is 42.9 Å². The number of aliphatic hydroxyl groups is 2. The molecule has 0 spiro atoms. The number of hydrogen-bond acceptors (Lipinski definition) is 4. The van der Waals surface area contributed by atoms with E-state index in [0.717, 1.165) is 0 Å². The predicted molar refractivity (Wildman–Crippen MR) is 44.7 cm³/mol. The lowest BCUT2D eigenvalue weighted by Crippen LogP contribution is -2.26. The summed E-state index contributed by atoms with van der Waals surface area (Å²) >= 11 is 0. The van der Waals surface area contributed by atoms with Crippen molar-refractivity contribution in [3.05, 3.63) is 0 Å². The normalized spacial score (nSPS) is 11.5. The summed E-state index contributed by atoms with van der Waals surface area (Å²) in [6, 6.07) is 0. The molecule has 0 saturated heterocycles. The molecule has 74 valence electrons. The van der Waals surface area contributed by atoms with Crippen molar-refractivity contribution in [2.24, 2.45) is 5.92 Å². The number of rotatable bonds is 7. The highest BCUT2D eigenvalue weighted by atomic mass is 16.7. The van der Waals surface area contributed by atoms with Crippen LogP contribution in [0.2, 0.25) is 0 Å². The molecule has 0 heterocycles. The second-order valence-electron chi connectivity index (χ2n) is 2.80. The van der Waals surface area contributed by atoms with E-state index in [0.29, 0.717) is 0 Å². The highest BCUT2D eigenvalue weighted by molar-refractivity contribution is 4.50. The number of ether oxygens (including phenoxy) is 2. The van der Waals surface area contributed by atoms with Crippen LogP contribution in [0.25, 0.3) is 0 Å². The molecule has 4 heteroatoms. The molecule has 12 heavy (non-hydrogen) atoms. The van der Waals surface area contributed by atoms with Gasteiger partial charge in [-0.15, -0.1) is 0 Å². The average molecular weight is 178 g/mol. The first kappa shape index (κ1) is 11.8. The van der Waals surface area contributed by atoms with Crippen molar-refractivity contribution >= 4 is 0 Å². The Hall–Kier alpha value is -0.160. The zero-order valence-corrected chi connectivity index (χ0v) is 7.69. The number of hydrogen-bond donors (Lipinski definition) is 2. The van der Waals surface area contributed by atoms with E-state index in [9.17, 15) is 0 Å². The first-order chi connectivity index (χ1) is 5.72.